The lowest BCUT2D eigenvalue weighted by Gasteiger charge is -2.38. The van der Waals surface area contributed by atoms with Gasteiger partial charge in [0.1, 0.15) is 0 Å². The Bertz CT molecular complexity index is 263. The van der Waals surface area contributed by atoms with Crippen molar-refractivity contribution in [1.82, 2.24) is 15.8 Å². The van der Waals surface area contributed by atoms with Crippen LogP contribution >= 0.6 is 0 Å². The Kier molecular flexibility index (Phi) is 5.60. The quantitative estimate of drug-likeness (QED) is 0.808. The fourth-order valence-electron chi connectivity index (χ4n) is 2.39. The third kappa shape index (κ3) is 5.36. The van der Waals surface area contributed by atoms with Crippen LogP contribution in [0.5, 0.6) is 0 Å². The SMILES string of the molecule is CC1CCCC(C)N1NC(=O)CCNC(C)(C)C. The summed E-state index contributed by atoms with van der Waals surface area (Å²) in [6, 6.07) is 0.904. The predicted molar refractivity (Wildman–Crippen MR) is 75.1 cm³/mol. The maximum Gasteiger partial charge on any atom is 0.235 e. The molecule has 0 aromatic carbocycles. The number of rotatable bonds is 4. The van der Waals surface area contributed by atoms with Crippen molar-refractivity contribution < 1.29 is 4.79 Å². The first-order chi connectivity index (χ1) is 8.29. The van der Waals surface area contributed by atoms with Crippen molar-refractivity contribution in [2.24, 2.45) is 0 Å². The van der Waals surface area contributed by atoms with Crippen molar-refractivity contribution in [3.05, 3.63) is 0 Å². The molecule has 0 aromatic rings. The van der Waals surface area contributed by atoms with E-state index in [1.807, 2.05) is 0 Å². The molecule has 1 aliphatic heterocycles. The molecule has 0 radical (unpaired) electrons. The van der Waals surface area contributed by atoms with Crippen molar-refractivity contribution in [3.8, 4) is 0 Å². The standard InChI is InChI=1S/C14H29N3O/c1-11-7-6-8-12(2)17(11)16-13(18)9-10-15-14(3,4)5/h11-12,15H,6-10H2,1-5H3,(H,16,18). The Balaban J connectivity index is 2.30. The molecule has 1 fully saturated rings. The van der Waals surface area contributed by atoms with Crippen molar-refractivity contribution in [1.29, 1.82) is 0 Å². The van der Waals surface area contributed by atoms with Gasteiger partial charge in [0.25, 0.3) is 0 Å². The van der Waals surface area contributed by atoms with Crippen LogP contribution in [0.1, 0.15) is 60.3 Å². The molecule has 0 spiro atoms. The molecular formula is C14H29N3O. The minimum atomic E-state index is 0.0754. The fraction of sp³-hybridized carbons (Fsp3) is 0.929. The van der Waals surface area contributed by atoms with Crippen LogP contribution in [-0.2, 0) is 4.79 Å². The summed E-state index contributed by atoms with van der Waals surface area (Å²) in [4.78, 5) is 11.9. The first kappa shape index (κ1) is 15.4. The number of carbonyl (C=O) groups is 1. The van der Waals surface area contributed by atoms with Gasteiger partial charge in [0.2, 0.25) is 5.91 Å². The van der Waals surface area contributed by atoms with Crippen LogP contribution in [0.15, 0.2) is 0 Å². The lowest BCUT2D eigenvalue weighted by molar-refractivity contribution is -0.129. The highest BCUT2D eigenvalue weighted by Crippen LogP contribution is 2.20. The molecular weight excluding hydrogens is 226 g/mol. The van der Waals surface area contributed by atoms with Crippen molar-refractivity contribution in [2.45, 2.75) is 77.9 Å². The topological polar surface area (TPSA) is 44.4 Å². The van der Waals surface area contributed by atoms with Gasteiger partial charge in [-0.1, -0.05) is 6.42 Å². The van der Waals surface area contributed by atoms with Crippen LogP contribution in [0.4, 0.5) is 0 Å². The zero-order chi connectivity index (χ0) is 13.8. The molecule has 106 valence electrons. The zero-order valence-electron chi connectivity index (χ0n) is 12.5. The molecule has 4 heteroatoms. The molecule has 1 rings (SSSR count). The van der Waals surface area contributed by atoms with E-state index in [9.17, 15) is 4.79 Å². The first-order valence-corrected chi connectivity index (χ1v) is 7.12. The van der Waals surface area contributed by atoms with Gasteiger partial charge in [-0.05, 0) is 47.5 Å². The fourth-order valence-corrected chi connectivity index (χ4v) is 2.39. The second-order valence-corrected chi connectivity index (χ2v) is 6.50. The van der Waals surface area contributed by atoms with E-state index < -0.39 is 0 Å². The van der Waals surface area contributed by atoms with E-state index in [-0.39, 0.29) is 11.4 Å². The van der Waals surface area contributed by atoms with Gasteiger partial charge in [0.15, 0.2) is 0 Å². The van der Waals surface area contributed by atoms with E-state index >= 15 is 0 Å². The highest BCUT2D eigenvalue weighted by atomic mass is 16.2. The van der Waals surface area contributed by atoms with Crippen molar-refractivity contribution >= 4 is 5.91 Å². The maximum atomic E-state index is 11.9. The molecule has 1 amide bonds. The monoisotopic (exact) mass is 255 g/mol. The van der Waals surface area contributed by atoms with Gasteiger partial charge in [0, 0.05) is 30.6 Å². The minimum Gasteiger partial charge on any atom is -0.312 e. The van der Waals surface area contributed by atoms with Crippen LogP contribution in [0, 0.1) is 0 Å². The third-order valence-electron chi connectivity index (χ3n) is 3.45. The van der Waals surface area contributed by atoms with Crippen molar-refractivity contribution in [2.75, 3.05) is 6.54 Å². The molecule has 2 N–H and O–H groups in total. The number of hydrogen-bond donors (Lipinski definition) is 2. The summed E-state index contributed by atoms with van der Waals surface area (Å²) >= 11 is 0. The average Bonchev–Trinajstić information content (AvgIpc) is 2.22. The maximum absolute atomic E-state index is 11.9. The summed E-state index contributed by atoms with van der Waals surface area (Å²) in [5.41, 5.74) is 3.13. The molecule has 0 bridgehead atoms. The molecule has 1 saturated heterocycles. The molecule has 1 heterocycles. The summed E-state index contributed by atoms with van der Waals surface area (Å²) in [5, 5.41) is 5.46. The molecule has 2 atom stereocenters. The van der Waals surface area contributed by atoms with E-state index in [0.29, 0.717) is 18.5 Å². The summed E-state index contributed by atoms with van der Waals surface area (Å²) in [7, 11) is 0. The zero-order valence-corrected chi connectivity index (χ0v) is 12.5. The molecule has 1 aliphatic rings. The van der Waals surface area contributed by atoms with Crippen molar-refractivity contribution in [3.63, 3.8) is 0 Å². The normalized spacial score (nSPS) is 26.1. The molecule has 0 aliphatic carbocycles. The van der Waals surface area contributed by atoms with E-state index in [1.165, 1.54) is 19.3 Å². The smallest absolute Gasteiger partial charge is 0.235 e. The molecule has 2 unspecified atom stereocenters. The number of amides is 1. The van der Waals surface area contributed by atoms with Gasteiger partial charge < -0.3 is 5.32 Å². The second kappa shape index (κ2) is 6.53. The number of nitrogens with one attached hydrogen (secondary N) is 2. The molecule has 18 heavy (non-hydrogen) atoms. The van der Waals surface area contributed by atoms with E-state index in [0.717, 1.165) is 6.54 Å². The van der Waals surface area contributed by atoms with Gasteiger partial charge in [-0.2, -0.15) is 0 Å². The summed E-state index contributed by atoms with van der Waals surface area (Å²) in [5.74, 6) is 0.118. The van der Waals surface area contributed by atoms with Gasteiger partial charge in [-0.3, -0.25) is 10.2 Å². The first-order valence-electron chi connectivity index (χ1n) is 7.12. The highest BCUT2D eigenvalue weighted by molar-refractivity contribution is 5.75. The summed E-state index contributed by atoms with van der Waals surface area (Å²) in [6.07, 6.45) is 4.14. The Morgan fingerprint density at radius 2 is 1.78 bits per heavy atom. The lowest BCUT2D eigenvalue weighted by atomic mass is 10.00. The molecule has 4 nitrogen and oxygen atoms in total. The van der Waals surface area contributed by atoms with Crippen LogP contribution in [0.2, 0.25) is 0 Å². The van der Waals surface area contributed by atoms with Crippen LogP contribution in [-0.4, -0.2) is 35.1 Å². The molecule has 0 saturated carbocycles. The number of nitrogens with zero attached hydrogens (tertiary/aromatic N) is 1. The Morgan fingerprint density at radius 1 is 1.22 bits per heavy atom. The van der Waals surface area contributed by atoms with E-state index in [2.05, 4.69) is 50.4 Å². The summed E-state index contributed by atoms with van der Waals surface area (Å²) in [6.45, 7) is 11.4. The predicted octanol–water partition coefficient (Wildman–Crippen LogP) is 2.06. The van der Waals surface area contributed by atoms with Gasteiger partial charge >= 0.3 is 0 Å². The number of hydrazine groups is 1. The van der Waals surface area contributed by atoms with Gasteiger partial charge in [0.05, 0.1) is 0 Å². The van der Waals surface area contributed by atoms with Gasteiger partial charge in [-0.25, -0.2) is 5.01 Å². The Morgan fingerprint density at radius 3 is 2.28 bits per heavy atom. The minimum absolute atomic E-state index is 0.0754. The highest BCUT2D eigenvalue weighted by Gasteiger charge is 2.25. The lowest BCUT2D eigenvalue weighted by Crippen LogP contribution is -2.54. The van der Waals surface area contributed by atoms with Gasteiger partial charge in [-0.15, -0.1) is 0 Å². The third-order valence-corrected chi connectivity index (χ3v) is 3.45. The largest absolute Gasteiger partial charge is 0.312 e. The van der Waals surface area contributed by atoms with Crippen LogP contribution in [0.25, 0.3) is 0 Å². The van der Waals surface area contributed by atoms with E-state index in [4.69, 9.17) is 0 Å². The van der Waals surface area contributed by atoms with Crippen LogP contribution in [0.3, 0.4) is 0 Å². The Hall–Kier alpha value is -0.610. The average molecular weight is 255 g/mol. The van der Waals surface area contributed by atoms with Crippen LogP contribution < -0.4 is 10.7 Å². The number of carbonyl (C=O) groups excluding carboxylic acids is 1. The number of hydrogen-bond acceptors (Lipinski definition) is 3. The number of piperidine rings is 1. The Labute approximate surface area is 111 Å². The molecule has 0 aromatic heterocycles. The second-order valence-electron chi connectivity index (χ2n) is 6.50. The van der Waals surface area contributed by atoms with E-state index in [1.54, 1.807) is 0 Å². The summed E-state index contributed by atoms with van der Waals surface area (Å²) < 4.78 is 0.